The minimum atomic E-state index is -0.703. The molecule has 0 bridgehead atoms. The highest BCUT2D eigenvalue weighted by Gasteiger charge is 2.41. The van der Waals surface area contributed by atoms with Crippen LogP contribution in [-0.4, -0.2) is 28.3 Å². The molecule has 0 radical (unpaired) electrons. The summed E-state index contributed by atoms with van der Waals surface area (Å²) in [5.41, 5.74) is 0.733. The van der Waals surface area contributed by atoms with Gasteiger partial charge in [0.15, 0.2) is 11.5 Å². The third-order valence-electron chi connectivity index (χ3n) is 4.92. The van der Waals surface area contributed by atoms with E-state index >= 15 is 0 Å². The second-order valence-electron chi connectivity index (χ2n) is 7.71. The van der Waals surface area contributed by atoms with Crippen LogP contribution in [0, 0.1) is 15.5 Å². The van der Waals surface area contributed by atoms with Gasteiger partial charge in [-0.3, -0.25) is 19.7 Å². The number of benzene rings is 1. The molecule has 144 valence electrons. The number of ketones is 1. The largest absolute Gasteiger partial charge is 0.500 e. The first-order valence-electron chi connectivity index (χ1n) is 8.83. The number of carbonyl (C=O) groups excluding carboxylic acids is 2. The van der Waals surface area contributed by atoms with Crippen molar-refractivity contribution in [3.63, 3.8) is 0 Å². The third kappa shape index (κ3) is 3.51. The van der Waals surface area contributed by atoms with Crippen LogP contribution in [0.15, 0.2) is 23.4 Å². The predicted octanol–water partition coefficient (Wildman–Crippen LogP) is 2.95. The van der Waals surface area contributed by atoms with Crippen LogP contribution in [0.1, 0.15) is 51.5 Å². The number of nitro benzene ring substituents is 1. The normalized spacial score (nSPS) is 21.5. The van der Waals surface area contributed by atoms with Crippen LogP contribution in [0.5, 0.6) is 11.5 Å². The molecule has 1 atom stereocenters. The van der Waals surface area contributed by atoms with Crippen molar-refractivity contribution >= 4 is 17.4 Å². The highest BCUT2D eigenvalue weighted by atomic mass is 16.6. The van der Waals surface area contributed by atoms with Crippen molar-refractivity contribution in [2.24, 2.45) is 5.41 Å². The van der Waals surface area contributed by atoms with Gasteiger partial charge >= 0.3 is 5.69 Å². The van der Waals surface area contributed by atoms with Crippen molar-refractivity contribution in [2.75, 3.05) is 6.61 Å². The number of Topliss-reactive ketones (excluding diaryl/α,β-unsaturated/α-hetero) is 1. The zero-order chi connectivity index (χ0) is 19.9. The second-order valence-corrected chi connectivity index (χ2v) is 7.71. The molecule has 2 aliphatic rings. The van der Waals surface area contributed by atoms with E-state index in [2.05, 4.69) is 5.32 Å². The Morgan fingerprint density at radius 3 is 2.67 bits per heavy atom. The number of carbonyl (C=O) groups is 2. The number of phenols is 1. The molecule has 2 N–H and O–H groups in total. The summed E-state index contributed by atoms with van der Waals surface area (Å²) in [6.45, 7) is 5.83. The van der Waals surface area contributed by atoms with Gasteiger partial charge in [0.25, 0.3) is 0 Å². The summed E-state index contributed by atoms with van der Waals surface area (Å²) in [5.74, 6) is -1.50. The molecule has 1 aromatic carbocycles. The number of nitro groups is 1. The number of aromatic hydroxyl groups is 1. The van der Waals surface area contributed by atoms with Gasteiger partial charge in [0, 0.05) is 36.1 Å². The van der Waals surface area contributed by atoms with Crippen LogP contribution in [0.25, 0.3) is 0 Å². The summed E-state index contributed by atoms with van der Waals surface area (Å²) in [6.07, 6.45) is 0.907. The number of phenolic OH excluding ortho intramolecular Hbond substituents is 1. The molecule has 1 aliphatic heterocycles. The Morgan fingerprint density at radius 1 is 1.33 bits per heavy atom. The summed E-state index contributed by atoms with van der Waals surface area (Å²) in [7, 11) is 0. The second kappa shape index (κ2) is 6.68. The lowest BCUT2D eigenvalue weighted by Crippen LogP contribution is -2.40. The van der Waals surface area contributed by atoms with Gasteiger partial charge in [-0.05, 0) is 30.4 Å². The fourth-order valence-corrected chi connectivity index (χ4v) is 3.86. The summed E-state index contributed by atoms with van der Waals surface area (Å²) in [5, 5.41) is 24.2. The Labute approximate surface area is 156 Å². The predicted molar refractivity (Wildman–Crippen MR) is 96.5 cm³/mol. The van der Waals surface area contributed by atoms with Gasteiger partial charge in [0.1, 0.15) is 0 Å². The number of nitrogens with one attached hydrogen (secondary N) is 1. The quantitative estimate of drug-likeness (QED) is 0.618. The molecule has 0 saturated heterocycles. The minimum Gasteiger partial charge on any atom is -0.500 e. The first kappa shape index (κ1) is 18.9. The highest BCUT2D eigenvalue weighted by molar-refractivity contribution is 6.02. The summed E-state index contributed by atoms with van der Waals surface area (Å²) in [4.78, 5) is 35.7. The van der Waals surface area contributed by atoms with Crippen LogP contribution in [0.3, 0.4) is 0 Å². The lowest BCUT2D eigenvalue weighted by molar-refractivity contribution is -0.386. The van der Waals surface area contributed by atoms with E-state index in [0.717, 1.165) is 0 Å². The standard InChI is InChI=1S/C19H22N2O6/c1-4-27-15-6-10(5-13(18(15)24)21(25)26)11-7-16(23)20-12-8-19(2,3)9-14(22)17(11)12/h5-6,11,24H,4,7-9H2,1-3H3,(H,20,23). The van der Waals surface area contributed by atoms with E-state index in [1.807, 2.05) is 13.8 Å². The topological polar surface area (TPSA) is 119 Å². The Balaban J connectivity index is 2.16. The maximum absolute atomic E-state index is 12.8. The molecular formula is C19H22N2O6. The molecule has 1 amide bonds. The van der Waals surface area contributed by atoms with Crippen molar-refractivity contribution in [2.45, 2.75) is 46.0 Å². The molecule has 1 heterocycles. The molecular weight excluding hydrogens is 352 g/mol. The Kier molecular flexibility index (Phi) is 4.67. The van der Waals surface area contributed by atoms with Gasteiger partial charge in [-0.15, -0.1) is 0 Å². The van der Waals surface area contributed by atoms with Crippen molar-refractivity contribution in [1.82, 2.24) is 5.32 Å². The average Bonchev–Trinajstić information content (AvgIpc) is 2.54. The molecule has 1 aliphatic carbocycles. The number of hydrogen-bond acceptors (Lipinski definition) is 6. The third-order valence-corrected chi connectivity index (χ3v) is 4.92. The van der Waals surface area contributed by atoms with Crippen LogP contribution in [0.2, 0.25) is 0 Å². The zero-order valence-electron chi connectivity index (χ0n) is 15.5. The Hall–Kier alpha value is -2.90. The highest BCUT2D eigenvalue weighted by Crippen LogP contribution is 2.47. The summed E-state index contributed by atoms with van der Waals surface area (Å²) in [6, 6.07) is 2.70. The van der Waals surface area contributed by atoms with Crippen molar-refractivity contribution in [3.8, 4) is 11.5 Å². The molecule has 0 saturated carbocycles. The van der Waals surface area contributed by atoms with Crippen LogP contribution in [0.4, 0.5) is 5.69 Å². The minimum absolute atomic E-state index is 0.0124. The maximum atomic E-state index is 12.8. The molecule has 0 spiro atoms. The maximum Gasteiger partial charge on any atom is 0.314 e. The van der Waals surface area contributed by atoms with Gasteiger partial charge < -0.3 is 15.2 Å². The van der Waals surface area contributed by atoms with Crippen LogP contribution < -0.4 is 10.1 Å². The van der Waals surface area contributed by atoms with E-state index in [1.54, 1.807) is 6.92 Å². The van der Waals surface area contributed by atoms with E-state index < -0.39 is 22.3 Å². The molecule has 8 nitrogen and oxygen atoms in total. The molecule has 3 rings (SSSR count). The Morgan fingerprint density at radius 2 is 2.04 bits per heavy atom. The van der Waals surface area contributed by atoms with Crippen LogP contribution >= 0.6 is 0 Å². The van der Waals surface area contributed by atoms with Crippen LogP contribution in [-0.2, 0) is 9.59 Å². The monoisotopic (exact) mass is 374 g/mol. The number of rotatable bonds is 4. The summed E-state index contributed by atoms with van der Waals surface area (Å²) < 4.78 is 5.33. The Bertz CT molecular complexity index is 871. The van der Waals surface area contributed by atoms with Crippen molar-refractivity contribution in [3.05, 3.63) is 39.1 Å². The number of amides is 1. The molecule has 0 aromatic heterocycles. The molecule has 0 fully saturated rings. The molecule has 27 heavy (non-hydrogen) atoms. The smallest absolute Gasteiger partial charge is 0.314 e. The van der Waals surface area contributed by atoms with E-state index in [0.29, 0.717) is 29.7 Å². The van der Waals surface area contributed by atoms with E-state index in [1.165, 1.54) is 12.1 Å². The SMILES string of the molecule is CCOc1cc(C2CC(=O)NC3=C2C(=O)CC(C)(C)C3)cc([N+](=O)[O-])c1O. The average molecular weight is 374 g/mol. The lowest BCUT2D eigenvalue weighted by Gasteiger charge is -2.37. The fourth-order valence-electron chi connectivity index (χ4n) is 3.86. The van der Waals surface area contributed by atoms with E-state index in [-0.39, 0.29) is 35.9 Å². The van der Waals surface area contributed by atoms with Gasteiger partial charge in [-0.2, -0.15) is 0 Å². The fraction of sp³-hybridized carbons (Fsp3) is 0.474. The van der Waals surface area contributed by atoms with Crippen molar-refractivity contribution < 1.29 is 24.4 Å². The van der Waals surface area contributed by atoms with Gasteiger partial charge in [0.2, 0.25) is 11.7 Å². The van der Waals surface area contributed by atoms with Gasteiger partial charge in [-0.25, -0.2) is 0 Å². The van der Waals surface area contributed by atoms with Gasteiger partial charge in [-0.1, -0.05) is 13.8 Å². The number of hydrogen-bond donors (Lipinski definition) is 2. The van der Waals surface area contributed by atoms with E-state index in [9.17, 15) is 24.8 Å². The number of allylic oxidation sites excluding steroid dienone is 2. The van der Waals surface area contributed by atoms with Crippen molar-refractivity contribution in [1.29, 1.82) is 0 Å². The zero-order valence-corrected chi connectivity index (χ0v) is 15.5. The number of ether oxygens (including phenoxy) is 1. The molecule has 1 unspecified atom stereocenters. The lowest BCUT2D eigenvalue weighted by atomic mass is 9.70. The number of nitrogens with zero attached hydrogens (tertiary/aromatic N) is 1. The van der Waals surface area contributed by atoms with Gasteiger partial charge in [0.05, 0.1) is 11.5 Å². The summed E-state index contributed by atoms with van der Waals surface area (Å²) >= 11 is 0. The molecule has 1 aromatic rings. The van der Waals surface area contributed by atoms with E-state index in [4.69, 9.17) is 4.74 Å². The first-order chi connectivity index (χ1) is 12.6. The first-order valence-corrected chi connectivity index (χ1v) is 8.83. The molecule has 8 heteroatoms.